The van der Waals surface area contributed by atoms with Gasteiger partial charge >= 0.3 is 6.98 Å². The van der Waals surface area contributed by atoms with Crippen LogP contribution in [0.3, 0.4) is 0 Å². The van der Waals surface area contributed by atoms with E-state index in [1.165, 1.54) is 18.2 Å². The summed E-state index contributed by atoms with van der Waals surface area (Å²) in [5, 5.41) is 0.560. The Balaban J connectivity index is 2.89. The van der Waals surface area contributed by atoms with Crippen LogP contribution in [0.4, 0.5) is 12.9 Å². The van der Waals surface area contributed by atoms with Crippen molar-refractivity contribution in [2.24, 2.45) is 0 Å². The molecule has 0 aliphatic carbocycles. The molecule has 0 saturated carbocycles. The molecule has 0 heterocycles. The van der Waals surface area contributed by atoms with Gasteiger partial charge in [-0.15, -0.1) is 5.98 Å². The Labute approximate surface area is 89.4 Å². The van der Waals surface area contributed by atoms with Crippen molar-refractivity contribution >= 4 is 36.3 Å². The van der Waals surface area contributed by atoms with Gasteiger partial charge in [0.25, 0.3) is 0 Å². The van der Waals surface area contributed by atoms with Gasteiger partial charge in [0, 0.05) is 0 Å². The third-order valence-corrected chi connectivity index (χ3v) is 2.19. The standard InChI is InChI=1S/C8H5BCl2F3/c10-7-2-1-6(5-8(7)11)3-4-9(12,13)14/h1-5H/q-1/b4-3+. The van der Waals surface area contributed by atoms with E-state index in [1.54, 1.807) is 0 Å². The Morgan fingerprint density at radius 2 is 1.71 bits per heavy atom. The largest absolute Gasteiger partial charge is 0.502 e. The van der Waals surface area contributed by atoms with Gasteiger partial charge in [-0.05, 0) is 17.7 Å². The van der Waals surface area contributed by atoms with Crippen LogP contribution in [-0.2, 0) is 0 Å². The molecule has 6 heteroatoms. The van der Waals surface area contributed by atoms with Gasteiger partial charge in [0.15, 0.2) is 0 Å². The van der Waals surface area contributed by atoms with Gasteiger partial charge in [-0.2, -0.15) is 0 Å². The molecule has 0 amide bonds. The lowest BCUT2D eigenvalue weighted by atomic mass is 9.91. The fourth-order valence-electron chi connectivity index (χ4n) is 0.836. The van der Waals surface area contributed by atoms with E-state index in [0.29, 0.717) is 10.6 Å². The third kappa shape index (κ3) is 3.64. The Morgan fingerprint density at radius 3 is 2.21 bits per heavy atom. The maximum absolute atomic E-state index is 11.8. The molecule has 1 aromatic carbocycles. The summed E-state index contributed by atoms with van der Waals surface area (Å²) in [5.74, 6) is 0.208. The second kappa shape index (κ2) is 4.28. The summed E-state index contributed by atoms with van der Waals surface area (Å²) in [7, 11) is 0. The van der Waals surface area contributed by atoms with Crippen LogP contribution in [0.2, 0.25) is 10.0 Å². The highest BCUT2D eigenvalue weighted by Crippen LogP contribution is 2.23. The van der Waals surface area contributed by atoms with Crippen LogP contribution in [0.15, 0.2) is 24.2 Å². The highest BCUT2D eigenvalue weighted by molar-refractivity contribution is 6.64. The molecule has 0 atom stereocenters. The molecule has 0 nitrogen and oxygen atoms in total. The van der Waals surface area contributed by atoms with Crippen molar-refractivity contribution in [1.82, 2.24) is 0 Å². The van der Waals surface area contributed by atoms with E-state index in [4.69, 9.17) is 23.2 Å². The Morgan fingerprint density at radius 1 is 1.07 bits per heavy atom. The van der Waals surface area contributed by atoms with Crippen molar-refractivity contribution in [3.8, 4) is 0 Å². The molecule has 0 aliphatic rings. The van der Waals surface area contributed by atoms with Crippen LogP contribution in [0.5, 0.6) is 0 Å². The second-order valence-electron chi connectivity index (χ2n) is 2.66. The van der Waals surface area contributed by atoms with E-state index >= 15 is 0 Å². The first-order valence-electron chi connectivity index (χ1n) is 3.73. The normalized spacial score (nSPS) is 12.4. The number of halogens is 5. The summed E-state index contributed by atoms with van der Waals surface area (Å²) in [4.78, 5) is 0. The summed E-state index contributed by atoms with van der Waals surface area (Å²) < 4.78 is 35.5. The third-order valence-electron chi connectivity index (χ3n) is 1.45. The van der Waals surface area contributed by atoms with Gasteiger partial charge in [-0.1, -0.05) is 35.3 Å². The van der Waals surface area contributed by atoms with Crippen molar-refractivity contribution in [2.45, 2.75) is 0 Å². The number of hydrogen-bond donors (Lipinski definition) is 0. The van der Waals surface area contributed by atoms with Crippen LogP contribution < -0.4 is 0 Å². The number of rotatable bonds is 2. The maximum atomic E-state index is 11.8. The highest BCUT2D eigenvalue weighted by atomic mass is 35.5. The summed E-state index contributed by atoms with van der Waals surface area (Å²) in [5.41, 5.74) is 0.374. The van der Waals surface area contributed by atoms with Crippen LogP contribution in [0.25, 0.3) is 6.08 Å². The molecule has 0 unspecified atom stereocenters. The summed E-state index contributed by atoms with van der Waals surface area (Å²) in [6.07, 6.45) is 0.961. The molecule has 0 fully saturated rings. The number of hydrogen-bond acceptors (Lipinski definition) is 0. The average molecular weight is 240 g/mol. The minimum atomic E-state index is -4.90. The predicted molar refractivity (Wildman–Crippen MR) is 54.6 cm³/mol. The van der Waals surface area contributed by atoms with E-state index < -0.39 is 6.98 Å². The topological polar surface area (TPSA) is 0 Å². The van der Waals surface area contributed by atoms with Gasteiger partial charge in [0.2, 0.25) is 0 Å². The SMILES string of the molecule is F[B-](F)(F)/C=C/c1ccc(Cl)c(Cl)c1. The molecule has 14 heavy (non-hydrogen) atoms. The molecule has 0 radical (unpaired) electrons. The summed E-state index contributed by atoms with van der Waals surface area (Å²) in [6, 6.07) is 4.29. The molecule has 0 saturated heterocycles. The Hall–Kier alpha value is -0.605. The number of benzene rings is 1. The Kier molecular flexibility index (Phi) is 3.51. The summed E-state index contributed by atoms with van der Waals surface area (Å²) in [6.45, 7) is -4.90. The molecule has 1 rings (SSSR count). The van der Waals surface area contributed by atoms with Gasteiger partial charge in [0.1, 0.15) is 0 Å². The van der Waals surface area contributed by atoms with E-state index in [0.717, 1.165) is 6.08 Å². The first kappa shape index (κ1) is 11.5. The second-order valence-corrected chi connectivity index (χ2v) is 3.47. The molecule has 0 bridgehead atoms. The van der Waals surface area contributed by atoms with Crippen LogP contribution in [0, 0.1) is 0 Å². The molecule has 0 aromatic heterocycles. The molecular formula is C8H5BCl2F3-. The fourth-order valence-corrected chi connectivity index (χ4v) is 1.14. The van der Waals surface area contributed by atoms with E-state index in [1.807, 2.05) is 0 Å². The predicted octanol–water partition coefficient (Wildman–Crippen LogP) is 4.39. The molecule has 76 valence electrons. The van der Waals surface area contributed by atoms with Crippen molar-refractivity contribution in [2.75, 3.05) is 0 Å². The van der Waals surface area contributed by atoms with Gasteiger partial charge in [0.05, 0.1) is 10.0 Å². The molecule has 0 aliphatic heterocycles. The van der Waals surface area contributed by atoms with Crippen molar-refractivity contribution in [3.63, 3.8) is 0 Å². The van der Waals surface area contributed by atoms with Crippen molar-refractivity contribution in [3.05, 3.63) is 39.8 Å². The lowest BCUT2D eigenvalue weighted by molar-refractivity contribution is 0.499. The minimum absolute atomic E-state index is 0.208. The fraction of sp³-hybridized carbons (Fsp3) is 0. The van der Waals surface area contributed by atoms with E-state index in [9.17, 15) is 12.9 Å². The van der Waals surface area contributed by atoms with Crippen LogP contribution >= 0.6 is 23.2 Å². The zero-order valence-corrected chi connectivity index (χ0v) is 8.37. The van der Waals surface area contributed by atoms with Gasteiger partial charge < -0.3 is 12.9 Å². The lowest BCUT2D eigenvalue weighted by Crippen LogP contribution is -2.09. The molecule has 1 aromatic rings. The van der Waals surface area contributed by atoms with E-state index in [-0.39, 0.29) is 11.0 Å². The average Bonchev–Trinajstić information content (AvgIpc) is 2.06. The van der Waals surface area contributed by atoms with Crippen molar-refractivity contribution < 1.29 is 12.9 Å². The van der Waals surface area contributed by atoms with Crippen molar-refractivity contribution in [1.29, 1.82) is 0 Å². The minimum Gasteiger partial charge on any atom is -0.445 e. The summed E-state index contributed by atoms with van der Waals surface area (Å²) >= 11 is 11.2. The Bertz CT molecular complexity index is 360. The monoisotopic (exact) mass is 239 g/mol. The van der Waals surface area contributed by atoms with E-state index in [2.05, 4.69) is 0 Å². The quantitative estimate of drug-likeness (QED) is 0.672. The van der Waals surface area contributed by atoms with Crippen LogP contribution in [-0.4, -0.2) is 6.98 Å². The zero-order chi connectivity index (χ0) is 10.8. The first-order chi connectivity index (χ1) is 6.38. The zero-order valence-electron chi connectivity index (χ0n) is 6.85. The highest BCUT2D eigenvalue weighted by Gasteiger charge is 2.16. The molecular weight excluding hydrogens is 235 g/mol. The molecule has 0 N–H and O–H groups in total. The maximum Gasteiger partial charge on any atom is 0.502 e. The lowest BCUT2D eigenvalue weighted by Gasteiger charge is -2.06. The first-order valence-corrected chi connectivity index (χ1v) is 4.48. The van der Waals surface area contributed by atoms with Gasteiger partial charge in [-0.3, -0.25) is 0 Å². The van der Waals surface area contributed by atoms with Crippen LogP contribution in [0.1, 0.15) is 5.56 Å². The molecule has 0 spiro atoms. The smallest absolute Gasteiger partial charge is 0.445 e. The van der Waals surface area contributed by atoms with Gasteiger partial charge in [-0.25, -0.2) is 0 Å².